The Labute approximate surface area is 135 Å². The quantitative estimate of drug-likeness (QED) is 0.807. The van der Waals surface area contributed by atoms with Crippen molar-refractivity contribution in [1.29, 1.82) is 0 Å². The van der Waals surface area contributed by atoms with E-state index in [1.807, 2.05) is 26.0 Å². The molecule has 0 spiro atoms. The first-order valence-corrected chi connectivity index (χ1v) is 7.70. The number of fused-ring (bicyclic) bond motifs is 2. The van der Waals surface area contributed by atoms with Gasteiger partial charge in [0.15, 0.2) is 11.4 Å². The maximum atomic E-state index is 12.7. The number of hydrogen-bond donors (Lipinski definition) is 0. The number of Topliss-reactive ketones (excluding diaryl/α,β-unsaturated/α-hetero) is 1. The number of allylic oxidation sites excluding steroid dienone is 1. The first-order chi connectivity index (χ1) is 11.0. The van der Waals surface area contributed by atoms with Gasteiger partial charge in [0.05, 0.1) is 24.5 Å². The van der Waals surface area contributed by atoms with Gasteiger partial charge in [-0.2, -0.15) is 0 Å². The number of aromatic nitrogens is 1. The summed E-state index contributed by atoms with van der Waals surface area (Å²) in [5.41, 5.74) is 2.08. The number of carbonyl (C=O) groups excluding carboxylic acids is 1. The van der Waals surface area contributed by atoms with E-state index in [4.69, 9.17) is 13.9 Å². The van der Waals surface area contributed by atoms with Crippen molar-refractivity contribution in [2.75, 3.05) is 14.2 Å². The van der Waals surface area contributed by atoms with Crippen molar-refractivity contribution < 1.29 is 18.7 Å². The Morgan fingerprint density at radius 1 is 1.39 bits per heavy atom. The number of ether oxygens (including phenoxy) is 2. The molecule has 1 atom stereocenters. The van der Waals surface area contributed by atoms with Gasteiger partial charge in [0.2, 0.25) is 5.71 Å². The number of rotatable bonds is 4. The molecule has 0 bridgehead atoms. The molecule has 122 valence electrons. The molecule has 2 aromatic rings. The molecule has 2 heterocycles. The van der Waals surface area contributed by atoms with Gasteiger partial charge < -0.3 is 13.9 Å². The van der Waals surface area contributed by atoms with Crippen LogP contribution in [0.4, 0.5) is 0 Å². The highest BCUT2D eigenvalue weighted by Crippen LogP contribution is 2.44. The van der Waals surface area contributed by atoms with Crippen LogP contribution in [0.15, 0.2) is 28.4 Å². The van der Waals surface area contributed by atoms with Crippen molar-refractivity contribution >= 4 is 16.9 Å². The van der Waals surface area contributed by atoms with Gasteiger partial charge in [-0.05, 0) is 26.3 Å². The second-order valence-corrected chi connectivity index (χ2v) is 6.05. The zero-order valence-corrected chi connectivity index (χ0v) is 13.9. The van der Waals surface area contributed by atoms with Crippen LogP contribution in [0, 0.1) is 0 Å². The van der Waals surface area contributed by atoms with Crippen LogP contribution >= 0.6 is 0 Å². The van der Waals surface area contributed by atoms with Crippen LogP contribution in [-0.2, 0) is 21.6 Å². The second kappa shape index (κ2) is 5.81. The summed E-state index contributed by atoms with van der Waals surface area (Å²) in [7, 11) is 3.19. The summed E-state index contributed by atoms with van der Waals surface area (Å²) >= 11 is 0. The standard InChI is InChI=1S/C18H21NO4/c1-11(2)7-9-18(22-4)14(20)6-5-12-15(21-3)13-8-10-23-17(13)19-16(12)18/h7-8,10H,5-6,9H2,1-4H3. The molecule has 5 heteroatoms. The number of carbonyl (C=O) groups is 1. The first kappa shape index (κ1) is 15.7. The van der Waals surface area contributed by atoms with Crippen molar-refractivity contribution in [3.05, 3.63) is 35.2 Å². The molecule has 1 unspecified atom stereocenters. The van der Waals surface area contributed by atoms with Gasteiger partial charge in [-0.1, -0.05) is 11.6 Å². The van der Waals surface area contributed by atoms with Crippen LogP contribution in [0.25, 0.3) is 11.1 Å². The van der Waals surface area contributed by atoms with E-state index in [1.165, 1.54) is 0 Å². The molecule has 0 radical (unpaired) electrons. The molecule has 5 nitrogen and oxygen atoms in total. The number of hydrogen-bond acceptors (Lipinski definition) is 5. The summed E-state index contributed by atoms with van der Waals surface area (Å²) in [6.45, 7) is 4.00. The number of furan rings is 1. The molecule has 0 saturated heterocycles. The monoisotopic (exact) mass is 315 g/mol. The number of methoxy groups -OCH3 is 2. The van der Waals surface area contributed by atoms with Gasteiger partial charge in [0, 0.05) is 25.5 Å². The maximum absolute atomic E-state index is 12.7. The maximum Gasteiger partial charge on any atom is 0.229 e. The minimum Gasteiger partial charge on any atom is -0.496 e. The molecule has 0 saturated carbocycles. The van der Waals surface area contributed by atoms with Gasteiger partial charge in [0.25, 0.3) is 0 Å². The summed E-state index contributed by atoms with van der Waals surface area (Å²) in [6.07, 6.45) is 5.07. The molecule has 0 aliphatic heterocycles. The van der Waals surface area contributed by atoms with E-state index in [2.05, 4.69) is 4.98 Å². The number of nitrogens with zero attached hydrogens (tertiary/aromatic N) is 1. The Kier molecular flexibility index (Phi) is 3.98. The fraction of sp³-hybridized carbons (Fsp3) is 0.444. The van der Waals surface area contributed by atoms with Crippen molar-refractivity contribution in [2.45, 2.75) is 38.7 Å². The third-order valence-corrected chi connectivity index (χ3v) is 4.45. The Morgan fingerprint density at radius 2 is 2.17 bits per heavy atom. The molecule has 0 N–H and O–H groups in total. The van der Waals surface area contributed by atoms with E-state index in [9.17, 15) is 4.79 Å². The average molecular weight is 315 g/mol. The SMILES string of the molecule is COc1c2c(nc3occc13)C(CC=C(C)C)(OC)C(=O)CC2. The predicted octanol–water partition coefficient (Wildman–Crippen LogP) is 3.55. The van der Waals surface area contributed by atoms with Gasteiger partial charge in [-0.25, -0.2) is 4.98 Å². The molecule has 0 fully saturated rings. The molecule has 23 heavy (non-hydrogen) atoms. The fourth-order valence-electron chi connectivity index (χ4n) is 3.22. The molecular weight excluding hydrogens is 294 g/mol. The van der Waals surface area contributed by atoms with Crippen LogP contribution in [-0.4, -0.2) is 25.0 Å². The lowest BCUT2D eigenvalue weighted by Gasteiger charge is -2.35. The van der Waals surface area contributed by atoms with Crippen LogP contribution in [0.1, 0.15) is 37.9 Å². The lowest BCUT2D eigenvalue weighted by atomic mass is 9.78. The first-order valence-electron chi connectivity index (χ1n) is 7.70. The number of pyridine rings is 1. The summed E-state index contributed by atoms with van der Waals surface area (Å²) < 4.78 is 16.8. The molecule has 2 aromatic heterocycles. The zero-order valence-electron chi connectivity index (χ0n) is 13.9. The van der Waals surface area contributed by atoms with Crippen LogP contribution in [0.5, 0.6) is 5.75 Å². The molecule has 1 aliphatic rings. The van der Waals surface area contributed by atoms with Crippen molar-refractivity contribution in [3.63, 3.8) is 0 Å². The van der Waals surface area contributed by atoms with E-state index in [0.29, 0.717) is 30.7 Å². The lowest BCUT2D eigenvalue weighted by molar-refractivity contribution is -0.144. The third kappa shape index (κ3) is 2.36. The van der Waals surface area contributed by atoms with E-state index < -0.39 is 5.60 Å². The minimum absolute atomic E-state index is 0.0467. The van der Waals surface area contributed by atoms with E-state index in [-0.39, 0.29) is 5.78 Å². The van der Waals surface area contributed by atoms with E-state index in [0.717, 1.165) is 22.3 Å². The zero-order chi connectivity index (χ0) is 16.6. The molecule has 0 aromatic carbocycles. The summed E-state index contributed by atoms with van der Waals surface area (Å²) in [5, 5.41) is 0.827. The van der Waals surface area contributed by atoms with Crippen LogP contribution < -0.4 is 4.74 Å². The van der Waals surface area contributed by atoms with Crippen molar-refractivity contribution in [2.24, 2.45) is 0 Å². The fourth-order valence-corrected chi connectivity index (χ4v) is 3.22. The van der Waals surface area contributed by atoms with E-state index in [1.54, 1.807) is 20.5 Å². The average Bonchev–Trinajstić information content (AvgIpc) is 3.00. The number of ketones is 1. The Balaban J connectivity index is 2.28. The second-order valence-electron chi connectivity index (χ2n) is 6.05. The minimum atomic E-state index is -1.07. The highest BCUT2D eigenvalue weighted by atomic mass is 16.5. The Bertz CT molecular complexity index is 786. The largest absolute Gasteiger partial charge is 0.496 e. The Morgan fingerprint density at radius 3 is 2.83 bits per heavy atom. The van der Waals surface area contributed by atoms with Crippen LogP contribution in [0.2, 0.25) is 0 Å². The topological polar surface area (TPSA) is 61.6 Å². The van der Waals surface area contributed by atoms with Gasteiger partial charge >= 0.3 is 0 Å². The Hall–Kier alpha value is -2.14. The highest BCUT2D eigenvalue weighted by molar-refractivity contribution is 5.93. The third-order valence-electron chi connectivity index (χ3n) is 4.45. The van der Waals surface area contributed by atoms with Gasteiger partial charge in [0.1, 0.15) is 5.75 Å². The van der Waals surface area contributed by atoms with Gasteiger partial charge in [-0.3, -0.25) is 4.79 Å². The normalized spacial score (nSPS) is 20.4. The van der Waals surface area contributed by atoms with Crippen molar-refractivity contribution in [1.82, 2.24) is 4.98 Å². The molecule has 0 amide bonds. The summed E-state index contributed by atoms with van der Waals surface area (Å²) in [4.78, 5) is 17.3. The smallest absolute Gasteiger partial charge is 0.229 e. The molecule has 1 aliphatic carbocycles. The van der Waals surface area contributed by atoms with Gasteiger partial charge in [-0.15, -0.1) is 0 Å². The molecular formula is C18H21NO4. The summed E-state index contributed by atoms with van der Waals surface area (Å²) in [5.74, 6) is 0.773. The lowest BCUT2D eigenvalue weighted by Crippen LogP contribution is -2.42. The summed E-state index contributed by atoms with van der Waals surface area (Å²) in [6, 6.07) is 1.84. The van der Waals surface area contributed by atoms with E-state index >= 15 is 0 Å². The van der Waals surface area contributed by atoms with Crippen LogP contribution in [0.3, 0.4) is 0 Å². The molecule has 3 rings (SSSR count). The highest BCUT2D eigenvalue weighted by Gasteiger charge is 2.46. The predicted molar refractivity (Wildman–Crippen MR) is 86.6 cm³/mol. The van der Waals surface area contributed by atoms with Crippen molar-refractivity contribution in [3.8, 4) is 5.75 Å².